The molecule has 0 spiro atoms. The van der Waals surface area contributed by atoms with Gasteiger partial charge in [-0.05, 0) is 23.8 Å². The highest BCUT2D eigenvalue weighted by atomic mass is 16.4. The summed E-state index contributed by atoms with van der Waals surface area (Å²) in [5, 5.41) is 17.5. The van der Waals surface area contributed by atoms with E-state index in [0.717, 1.165) is 6.08 Å². The van der Waals surface area contributed by atoms with Gasteiger partial charge in [0.05, 0.1) is 6.54 Å². The second kappa shape index (κ2) is 6.28. The Kier molecular flexibility index (Phi) is 4.23. The first-order valence-electron chi connectivity index (χ1n) is 5.78. The highest BCUT2D eigenvalue weighted by molar-refractivity contribution is 5.94. The van der Waals surface area contributed by atoms with Crippen LogP contribution >= 0.6 is 0 Å². The lowest BCUT2D eigenvalue weighted by molar-refractivity contribution is -0.131. The van der Waals surface area contributed by atoms with Crippen LogP contribution in [0.25, 0.3) is 6.08 Å². The number of aliphatic carboxylic acids is 1. The largest absolute Gasteiger partial charge is 0.478 e. The molecule has 3 N–H and O–H groups in total. The molecule has 0 radical (unpaired) electrons. The summed E-state index contributed by atoms with van der Waals surface area (Å²) in [5.41, 5.74) is 1.19. The van der Waals surface area contributed by atoms with Crippen molar-refractivity contribution in [3.8, 4) is 0 Å². The van der Waals surface area contributed by atoms with Crippen LogP contribution in [0.4, 0.5) is 0 Å². The summed E-state index contributed by atoms with van der Waals surface area (Å²) < 4.78 is 0. The molecule has 0 unspecified atom stereocenters. The van der Waals surface area contributed by atoms with Crippen molar-refractivity contribution in [2.45, 2.75) is 6.54 Å². The van der Waals surface area contributed by atoms with Gasteiger partial charge in [-0.3, -0.25) is 9.89 Å². The average molecular weight is 272 g/mol. The summed E-state index contributed by atoms with van der Waals surface area (Å²) in [6.07, 6.45) is 3.86. The van der Waals surface area contributed by atoms with Crippen molar-refractivity contribution < 1.29 is 14.7 Å². The highest BCUT2D eigenvalue weighted by Crippen LogP contribution is 2.06. The van der Waals surface area contributed by atoms with Gasteiger partial charge in [0, 0.05) is 11.6 Å². The van der Waals surface area contributed by atoms with Crippen molar-refractivity contribution in [3.63, 3.8) is 0 Å². The number of H-pyrrole nitrogens is 1. The molecule has 0 atom stereocenters. The number of nitrogens with zero attached hydrogens (tertiary/aromatic N) is 2. The van der Waals surface area contributed by atoms with Gasteiger partial charge in [0.2, 0.25) is 0 Å². The minimum absolute atomic E-state index is 0.241. The Morgan fingerprint density at radius 3 is 2.65 bits per heavy atom. The molecule has 0 bridgehead atoms. The van der Waals surface area contributed by atoms with Gasteiger partial charge in [-0.25, -0.2) is 9.78 Å². The van der Waals surface area contributed by atoms with Crippen LogP contribution in [0.2, 0.25) is 0 Å². The standard InChI is InChI=1S/C13H12N4O3/c18-12(19)6-3-9-1-4-10(5-2-9)13(20)14-7-11-15-8-16-17-11/h1-6,8H,7H2,(H,14,20)(H,18,19)(H,15,16,17). The van der Waals surface area contributed by atoms with E-state index in [1.165, 1.54) is 12.4 Å². The van der Waals surface area contributed by atoms with E-state index in [4.69, 9.17) is 5.11 Å². The van der Waals surface area contributed by atoms with E-state index in [-0.39, 0.29) is 12.5 Å². The number of carbonyl (C=O) groups is 2. The molecule has 2 aromatic rings. The van der Waals surface area contributed by atoms with Crippen molar-refractivity contribution in [1.29, 1.82) is 0 Å². The molecule has 0 fully saturated rings. The van der Waals surface area contributed by atoms with E-state index in [1.54, 1.807) is 24.3 Å². The van der Waals surface area contributed by atoms with Gasteiger partial charge in [-0.15, -0.1) is 0 Å². The van der Waals surface area contributed by atoms with Crippen molar-refractivity contribution >= 4 is 18.0 Å². The van der Waals surface area contributed by atoms with E-state index in [1.807, 2.05) is 0 Å². The van der Waals surface area contributed by atoms with Crippen LogP contribution in [0.3, 0.4) is 0 Å². The van der Waals surface area contributed by atoms with Gasteiger partial charge in [0.1, 0.15) is 12.2 Å². The molecule has 1 heterocycles. The molecular weight excluding hydrogens is 260 g/mol. The second-order valence-corrected chi connectivity index (χ2v) is 3.91. The van der Waals surface area contributed by atoms with E-state index in [2.05, 4.69) is 20.5 Å². The van der Waals surface area contributed by atoms with Gasteiger partial charge in [0.15, 0.2) is 0 Å². The Bertz CT molecular complexity index is 618. The van der Waals surface area contributed by atoms with Crippen LogP contribution < -0.4 is 5.32 Å². The number of benzene rings is 1. The number of aromatic amines is 1. The molecule has 0 aliphatic heterocycles. The molecule has 7 heteroatoms. The molecule has 2 rings (SSSR count). The van der Waals surface area contributed by atoms with Crippen LogP contribution in [0.5, 0.6) is 0 Å². The number of amides is 1. The summed E-state index contributed by atoms with van der Waals surface area (Å²) in [5.74, 6) is -0.687. The van der Waals surface area contributed by atoms with E-state index in [9.17, 15) is 9.59 Å². The lowest BCUT2D eigenvalue weighted by Gasteiger charge is -2.03. The van der Waals surface area contributed by atoms with E-state index in [0.29, 0.717) is 17.0 Å². The quantitative estimate of drug-likeness (QED) is 0.699. The maximum absolute atomic E-state index is 11.8. The van der Waals surface area contributed by atoms with Crippen LogP contribution in [0.1, 0.15) is 21.7 Å². The monoisotopic (exact) mass is 272 g/mol. The molecule has 20 heavy (non-hydrogen) atoms. The van der Waals surface area contributed by atoms with Gasteiger partial charge in [0.25, 0.3) is 5.91 Å². The number of rotatable bonds is 5. The predicted molar refractivity (Wildman–Crippen MR) is 70.7 cm³/mol. The van der Waals surface area contributed by atoms with Crippen molar-refractivity contribution in [3.05, 3.63) is 53.6 Å². The predicted octanol–water partition coefficient (Wildman–Crippen LogP) is 0.832. The normalized spacial score (nSPS) is 10.6. The molecule has 0 aliphatic rings. The molecular formula is C13H12N4O3. The smallest absolute Gasteiger partial charge is 0.328 e. The third-order valence-electron chi connectivity index (χ3n) is 2.47. The van der Waals surface area contributed by atoms with Crippen molar-refractivity contribution in [1.82, 2.24) is 20.5 Å². The number of nitrogens with one attached hydrogen (secondary N) is 2. The molecule has 0 aliphatic carbocycles. The summed E-state index contributed by atoms with van der Waals surface area (Å²) in [6.45, 7) is 0.263. The number of carbonyl (C=O) groups excluding carboxylic acids is 1. The fraction of sp³-hybridized carbons (Fsp3) is 0.0769. The zero-order valence-corrected chi connectivity index (χ0v) is 10.4. The Morgan fingerprint density at radius 2 is 2.05 bits per heavy atom. The number of aromatic nitrogens is 3. The van der Waals surface area contributed by atoms with Gasteiger partial charge < -0.3 is 10.4 Å². The maximum Gasteiger partial charge on any atom is 0.328 e. The highest BCUT2D eigenvalue weighted by Gasteiger charge is 2.05. The zero-order valence-electron chi connectivity index (χ0n) is 10.4. The van der Waals surface area contributed by atoms with E-state index >= 15 is 0 Å². The number of hydrogen-bond donors (Lipinski definition) is 3. The lowest BCUT2D eigenvalue weighted by atomic mass is 10.1. The van der Waals surface area contributed by atoms with Gasteiger partial charge >= 0.3 is 5.97 Å². The Hall–Kier alpha value is -2.96. The third-order valence-corrected chi connectivity index (χ3v) is 2.47. The molecule has 1 amide bonds. The Morgan fingerprint density at radius 1 is 1.30 bits per heavy atom. The summed E-state index contributed by atoms with van der Waals surface area (Å²) in [7, 11) is 0. The third kappa shape index (κ3) is 3.77. The SMILES string of the molecule is O=C(O)C=Cc1ccc(C(=O)NCc2ncn[nH]2)cc1. The zero-order chi connectivity index (χ0) is 14.4. The first-order valence-corrected chi connectivity index (χ1v) is 5.78. The summed E-state index contributed by atoms with van der Waals surface area (Å²) in [6, 6.07) is 6.58. The van der Waals surface area contributed by atoms with Gasteiger partial charge in [-0.2, -0.15) is 5.10 Å². The Labute approximate surface area is 114 Å². The van der Waals surface area contributed by atoms with Gasteiger partial charge in [-0.1, -0.05) is 12.1 Å². The number of carboxylic acid groups (broad SMARTS) is 1. The molecule has 1 aromatic carbocycles. The second-order valence-electron chi connectivity index (χ2n) is 3.91. The average Bonchev–Trinajstić information content (AvgIpc) is 2.96. The molecule has 0 saturated heterocycles. The number of hydrogen-bond acceptors (Lipinski definition) is 4. The molecule has 0 saturated carbocycles. The van der Waals surface area contributed by atoms with Crippen LogP contribution in [-0.2, 0) is 11.3 Å². The first-order chi connectivity index (χ1) is 9.65. The summed E-state index contributed by atoms with van der Waals surface area (Å²) >= 11 is 0. The van der Waals surface area contributed by atoms with Crippen molar-refractivity contribution in [2.75, 3.05) is 0 Å². The first kappa shape index (κ1) is 13.5. The minimum atomic E-state index is -1.01. The maximum atomic E-state index is 11.8. The molecule has 1 aromatic heterocycles. The molecule has 102 valence electrons. The van der Waals surface area contributed by atoms with Crippen LogP contribution in [-0.4, -0.2) is 32.2 Å². The minimum Gasteiger partial charge on any atom is -0.478 e. The van der Waals surface area contributed by atoms with Crippen molar-refractivity contribution in [2.24, 2.45) is 0 Å². The van der Waals surface area contributed by atoms with E-state index < -0.39 is 5.97 Å². The van der Waals surface area contributed by atoms with Crippen LogP contribution in [0.15, 0.2) is 36.7 Å². The van der Waals surface area contributed by atoms with Crippen LogP contribution in [0, 0.1) is 0 Å². The molecule has 7 nitrogen and oxygen atoms in total. The number of carboxylic acids is 1. The fourth-order valence-corrected chi connectivity index (χ4v) is 1.50. The summed E-state index contributed by atoms with van der Waals surface area (Å²) in [4.78, 5) is 26.1. The lowest BCUT2D eigenvalue weighted by Crippen LogP contribution is -2.23. The fourth-order valence-electron chi connectivity index (χ4n) is 1.50. The Balaban J connectivity index is 1.95. The topological polar surface area (TPSA) is 108 Å².